The van der Waals surface area contributed by atoms with E-state index in [1.807, 2.05) is 30.3 Å². The molecule has 0 radical (unpaired) electrons. The standard InChI is InChI=1S/C16H18ClNO/c1-19-13-8-9-14(15(17)11-13)16(18)10-7-12-5-3-2-4-6-12/h2-6,8-9,11,16H,7,10,18H2,1H3. The van der Waals surface area contributed by atoms with Gasteiger partial charge in [-0.25, -0.2) is 0 Å². The first-order chi connectivity index (χ1) is 9.20. The van der Waals surface area contributed by atoms with Crippen LogP contribution in [0.25, 0.3) is 0 Å². The van der Waals surface area contributed by atoms with Gasteiger partial charge in [-0.05, 0) is 36.1 Å². The molecule has 2 nitrogen and oxygen atoms in total. The molecule has 0 aliphatic carbocycles. The van der Waals surface area contributed by atoms with E-state index in [-0.39, 0.29) is 6.04 Å². The van der Waals surface area contributed by atoms with Crippen molar-refractivity contribution in [3.63, 3.8) is 0 Å². The Labute approximate surface area is 119 Å². The van der Waals surface area contributed by atoms with Gasteiger partial charge in [-0.1, -0.05) is 48.0 Å². The molecule has 1 atom stereocenters. The molecule has 0 saturated heterocycles. The van der Waals surface area contributed by atoms with Gasteiger partial charge < -0.3 is 10.5 Å². The highest BCUT2D eigenvalue weighted by Gasteiger charge is 2.11. The molecule has 0 bridgehead atoms. The lowest BCUT2D eigenvalue weighted by atomic mass is 9.99. The summed E-state index contributed by atoms with van der Waals surface area (Å²) in [6.07, 6.45) is 1.82. The number of ether oxygens (including phenoxy) is 1. The quantitative estimate of drug-likeness (QED) is 0.896. The van der Waals surface area contributed by atoms with E-state index in [0.29, 0.717) is 5.02 Å². The summed E-state index contributed by atoms with van der Waals surface area (Å²) < 4.78 is 5.13. The molecule has 0 heterocycles. The lowest BCUT2D eigenvalue weighted by Gasteiger charge is -2.14. The fourth-order valence-corrected chi connectivity index (χ4v) is 2.37. The Morgan fingerprint density at radius 1 is 1.16 bits per heavy atom. The number of aryl methyl sites for hydroxylation is 1. The zero-order valence-corrected chi connectivity index (χ0v) is 11.7. The van der Waals surface area contributed by atoms with Gasteiger partial charge in [-0.2, -0.15) is 0 Å². The largest absolute Gasteiger partial charge is 0.497 e. The van der Waals surface area contributed by atoms with Crippen molar-refractivity contribution in [1.82, 2.24) is 0 Å². The summed E-state index contributed by atoms with van der Waals surface area (Å²) in [5.41, 5.74) is 8.47. The van der Waals surface area contributed by atoms with Crippen LogP contribution in [0.4, 0.5) is 0 Å². The van der Waals surface area contributed by atoms with E-state index >= 15 is 0 Å². The van der Waals surface area contributed by atoms with Gasteiger partial charge in [-0.3, -0.25) is 0 Å². The van der Waals surface area contributed by atoms with E-state index in [1.54, 1.807) is 13.2 Å². The van der Waals surface area contributed by atoms with Crippen LogP contribution in [-0.2, 0) is 6.42 Å². The normalized spacial score (nSPS) is 12.2. The summed E-state index contributed by atoms with van der Waals surface area (Å²) >= 11 is 6.22. The van der Waals surface area contributed by atoms with E-state index in [2.05, 4.69) is 12.1 Å². The van der Waals surface area contributed by atoms with Gasteiger partial charge in [0.2, 0.25) is 0 Å². The van der Waals surface area contributed by atoms with Crippen LogP contribution in [-0.4, -0.2) is 7.11 Å². The predicted molar refractivity (Wildman–Crippen MR) is 79.7 cm³/mol. The number of rotatable bonds is 5. The van der Waals surface area contributed by atoms with Crippen molar-refractivity contribution in [1.29, 1.82) is 0 Å². The molecule has 1 unspecified atom stereocenters. The average Bonchev–Trinajstić information content (AvgIpc) is 2.45. The van der Waals surface area contributed by atoms with Crippen LogP contribution < -0.4 is 10.5 Å². The third-order valence-corrected chi connectivity index (χ3v) is 3.52. The van der Waals surface area contributed by atoms with E-state index < -0.39 is 0 Å². The number of halogens is 1. The summed E-state index contributed by atoms with van der Waals surface area (Å²) in [6.45, 7) is 0. The van der Waals surface area contributed by atoms with E-state index in [4.69, 9.17) is 22.1 Å². The maximum absolute atomic E-state index is 6.22. The second-order valence-corrected chi connectivity index (χ2v) is 4.93. The smallest absolute Gasteiger partial charge is 0.120 e. The fraction of sp³-hybridized carbons (Fsp3) is 0.250. The highest BCUT2D eigenvalue weighted by atomic mass is 35.5. The Kier molecular flexibility index (Phi) is 4.83. The number of hydrogen-bond donors (Lipinski definition) is 1. The topological polar surface area (TPSA) is 35.2 Å². The molecule has 0 aliphatic rings. The Morgan fingerprint density at radius 3 is 2.53 bits per heavy atom. The first-order valence-electron chi connectivity index (χ1n) is 6.33. The molecule has 0 saturated carbocycles. The van der Waals surface area contributed by atoms with Crippen molar-refractivity contribution in [2.75, 3.05) is 7.11 Å². The third-order valence-electron chi connectivity index (χ3n) is 3.19. The Morgan fingerprint density at radius 2 is 1.89 bits per heavy atom. The van der Waals surface area contributed by atoms with E-state index in [1.165, 1.54) is 5.56 Å². The van der Waals surface area contributed by atoms with Crippen LogP contribution in [0.1, 0.15) is 23.6 Å². The summed E-state index contributed by atoms with van der Waals surface area (Å²) in [5, 5.41) is 0.667. The summed E-state index contributed by atoms with van der Waals surface area (Å²) in [5.74, 6) is 0.754. The van der Waals surface area contributed by atoms with E-state index in [9.17, 15) is 0 Å². The fourth-order valence-electron chi connectivity index (χ4n) is 2.06. The van der Waals surface area contributed by atoms with Gasteiger partial charge in [0.05, 0.1) is 7.11 Å². The molecule has 0 spiro atoms. The molecule has 19 heavy (non-hydrogen) atoms. The molecule has 2 N–H and O–H groups in total. The van der Waals surface area contributed by atoms with Crippen LogP contribution in [0.15, 0.2) is 48.5 Å². The Balaban J connectivity index is 2.02. The molecule has 100 valence electrons. The maximum atomic E-state index is 6.22. The minimum atomic E-state index is -0.0568. The molecule has 0 aromatic heterocycles. The molecule has 0 amide bonds. The second-order valence-electron chi connectivity index (χ2n) is 4.52. The van der Waals surface area contributed by atoms with Crippen LogP contribution in [0, 0.1) is 0 Å². The Hall–Kier alpha value is -1.51. The average molecular weight is 276 g/mol. The summed E-state index contributed by atoms with van der Waals surface area (Å²) in [7, 11) is 1.63. The highest BCUT2D eigenvalue weighted by Crippen LogP contribution is 2.28. The highest BCUT2D eigenvalue weighted by molar-refractivity contribution is 6.31. The van der Waals surface area contributed by atoms with Gasteiger partial charge in [0.25, 0.3) is 0 Å². The minimum Gasteiger partial charge on any atom is -0.497 e. The van der Waals surface area contributed by atoms with E-state index in [0.717, 1.165) is 24.2 Å². The van der Waals surface area contributed by atoms with Crippen LogP contribution >= 0.6 is 11.6 Å². The number of benzene rings is 2. The van der Waals surface area contributed by atoms with Gasteiger partial charge in [0.15, 0.2) is 0 Å². The molecule has 3 heteroatoms. The van der Waals surface area contributed by atoms with Crippen molar-refractivity contribution >= 4 is 11.6 Å². The lowest BCUT2D eigenvalue weighted by molar-refractivity contribution is 0.414. The molecule has 2 aromatic carbocycles. The molecular weight excluding hydrogens is 258 g/mol. The van der Waals surface area contributed by atoms with Crippen molar-refractivity contribution in [2.45, 2.75) is 18.9 Å². The SMILES string of the molecule is COc1ccc(C(N)CCc2ccccc2)c(Cl)c1. The predicted octanol–water partition coefficient (Wildman–Crippen LogP) is 3.98. The van der Waals surface area contributed by atoms with Crippen molar-refractivity contribution < 1.29 is 4.74 Å². The van der Waals surface area contributed by atoms with Crippen LogP contribution in [0.5, 0.6) is 5.75 Å². The van der Waals surface area contributed by atoms with Gasteiger partial charge in [0.1, 0.15) is 5.75 Å². The first kappa shape index (κ1) is 13.9. The zero-order valence-electron chi connectivity index (χ0n) is 11.0. The number of hydrogen-bond acceptors (Lipinski definition) is 2. The van der Waals surface area contributed by atoms with Crippen molar-refractivity contribution in [3.05, 3.63) is 64.7 Å². The van der Waals surface area contributed by atoms with Crippen LogP contribution in [0.2, 0.25) is 5.02 Å². The summed E-state index contributed by atoms with van der Waals surface area (Å²) in [4.78, 5) is 0. The molecular formula is C16H18ClNO. The molecule has 2 aromatic rings. The van der Waals surface area contributed by atoms with Crippen molar-refractivity contribution in [2.24, 2.45) is 5.73 Å². The monoisotopic (exact) mass is 275 g/mol. The zero-order chi connectivity index (χ0) is 13.7. The second kappa shape index (κ2) is 6.60. The first-order valence-corrected chi connectivity index (χ1v) is 6.71. The third kappa shape index (κ3) is 3.72. The molecule has 2 rings (SSSR count). The van der Waals surface area contributed by atoms with Gasteiger partial charge in [-0.15, -0.1) is 0 Å². The molecule has 0 fully saturated rings. The van der Waals surface area contributed by atoms with Crippen molar-refractivity contribution in [3.8, 4) is 5.75 Å². The minimum absolute atomic E-state index is 0.0568. The van der Waals surface area contributed by atoms with Gasteiger partial charge >= 0.3 is 0 Å². The maximum Gasteiger partial charge on any atom is 0.120 e. The molecule has 0 aliphatic heterocycles. The summed E-state index contributed by atoms with van der Waals surface area (Å²) in [6, 6.07) is 15.9. The Bertz CT molecular complexity index is 528. The lowest BCUT2D eigenvalue weighted by Crippen LogP contribution is -2.12. The van der Waals surface area contributed by atoms with Gasteiger partial charge in [0, 0.05) is 11.1 Å². The number of nitrogens with two attached hydrogens (primary N) is 1. The van der Waals surface area contributed by atoms with Crippen LogP contribution in [0.3, 0.4) is 0 Å². The number of methoxy groups -OCH3 is 1.